The lowest BCUT2D eigenvalue weighted by Gasteiger charge is -2.27. The summed E-state index contributed by atoms with van der Waals surface area (Å²) < 4.78 is 58.8. The van der Waals surface area contributed by atoms with Crippen LogP contribution in [-0.2, 0) is 33.3 Å². The van der Waals surface area contributed by atoms with Crippen LogP contribution < -0.4 is 15.8 Å². The van der Waals surface area contributed by atoms with Gasteiger partial charge in [-0.25, -0.2) is 4.79 Å². The number of hydrogen-bond donors (Lipinski definition) is 3. The molecule has 1 aromatic rings. The molecule has 3 rings (SSSR count). The number of nitrogens with zero attached hydrogens (tertiary/aromatic N) is 1. The highest BCUT2D eigenvalue weighted by Gasteiger charge is 2.46. The molecular formula is C25H32F3N3O11. The van der Waals surface area contributed by atoms with Crippen molar-refractivity contribution >= 4 is 29.6 Å². The number of carbonyl (C=O) groups excluding carboxylic acids is 4. The van der Waals surface area contributed by atoms with Crippen LogP contribution in [0.15, 0.2) is 18.2 Å². The van der Waals surface area contributed by atoms with Gasteiger partial charge in [0, 0.05) is 13.0 Å². The number of carboxylic acid groups (broad SMARTS) is 1. The van der Waals surface area contributed by atoms with Crippen molar-refractivity contribution in [1.82, 2.24) is 10.2 Å². The van der Waals surface area contributed by atoms with Gasteiger partial charge in [0.15, 0.2) is 0 Å². The number of carbonyl (C=O) groups is 5. The molecule has 0 aromatic heterocycles. The lowest BCUT2D eigenvalue weighted by atomic mass is 10.0. The molecule has 4 amide bonds. The molecule has 1 atom stereocenters. The number of rotatable bonds is 16. The summed E-state index contributed by atoms with van der Waals surface area (Å²) in [5.74, 6) is -4.79. The van der Waals surface area contributed by atoms with E-state index in [-0.39, 0.29) is 42.9 Å². The maximum atomic E-state index is 13.0. The van der Waals surface area contributed by atoms with E-state index >= 15 is 0 Å². The zero-order valence-corrected chi connectivity index (χ0v) is 22.5. The van der Waals surface area contributed by atoms with E-state index in [0.29, 0.717) is 52.8 Å². The Morgan fingerprint density at radius 1 is 0.905 bits per heavy atom. The van der Waals surface area contributed by atoms with Crippen molar-refractivity contribution in [2.45, 2.75) is 25.1 Å². The van der Waals surface area contributed by atoms with E-state index in [4.69, 9.17) is 39.3 Å². The van der Waals surface area contributed by atoms with Gasteiger partial charge in [-0.2, -0.15) is 13.2 Å². The number of nitrogens with two attached hydrogens (primary N) is 1. The maximum Gasteiger partial charge on any atom is 0.490 e. The highest BCUT2D eigenvalue weighted by molar-refractivity contribution is 6.24. The van der Waals surface area contributed by atoms with Gasteiger partial charge >= 0.3 is 12.1 Å². The number of imide groups is 2. The Kier molecular flexibility index (Phi) is 14.3. The Labute approximate surface area is 238 Å². The topological polar surface area (TPSA) is 193 Å². The molecular weight excluding hydrogens is 575 g/mol. The van der Waals surface area contributed by atoms with E-state index in [1.807, 2.05) is 0 Å². The summed E-state index contributed by atoms with van der Waals surface area (Å²) in [6.45, 7) is 4.04. The Balaban J connectivity index is 0.000000782. The summed E-state index contributed by atoms with van der Waals surface area (Å²) >= 11 is 0. The molecule has 234 valence electrons. The average molecular weight is 608 g/mol. The fraction of sp³-hybridized carbons (Fsp3) is 0.560. The maximum absolute atomic E-state index is 13.0. The molecule has 1 aromatic carbocycles. The van der Waals surface area contributed by atoms with Gasteiger partial charge in [-0.05, 0) is 18.6 Å². The highest BCUT2D eigenvalue weighted by Crippen LogP contribution is 2.33. The summed E-state index contributed by atoms with van der Waals surface area (Å²) in [6, 6.07) is 3.68. The van der Waals surface area contributed by atoms with Crippen molar-refractivity contribution in [2.75, 3.05) is 66.0 Å². The molecule has 2 heterocycles. The summed E-state index contributed by atoms with van der Waals surface area (Å²) in [5.41, 5.74) is 5.59. The van der Waals surface area contributed by atoms with Gasteiger partial charge in [-0.3, -0.25) is 29.4 Å². The summed E-state index contributed by atoms with van der Waals surface area (Å²) in [6.07, 6.45) is -4.93. The minimum Gasteiger partial charge on any atom is -0.490 e. The predicted molar refractivity (Wildman–Crippen MR) is 135 cm³/mol. The molecule has 14 nitrogen and oxygen atoms in total. The second-order valence-electron chi connectivity index (χ2n) is 8.52. The van der Waals surface area contributed by atoms with Gasteiger partial charge in [0.1, 0.15) is 18.4 Å². The van der Waals surface area contributed by atoms with Gasteiger partial charge in [-0.1, -0.05) is 6.07 Å². The summed E-state index contributed by atoms with van der Waals surface area (Å²) in [5, 5.41) is 9.30. The Hall–Kier alpha value is -3.64. The van der Waals surface area contributed by atoms with E-state index in [1.165, 1.54) is 6.07 Å². The van der Waals surface area contributed by atoms with Crippen molar-refractivity contribution in [3.8, 4) is 5.75 Å². The van der Waals surface area contributed by atoms with E-state index in [0.717, 1.165) is 4.90 Å². The first-order valence-corrected chi connectivity index (χ1v) is 12.8. The lowest BCUT2D eigenvalue weighted by Crippen LogP contribution is -2.54. The van der Waals surface area contributed by atoms with E-state index < -0.39 is 41.8 Å². The Bertz CT molecular complexity index is 1100. The Morgan fingerprint density at radius 2 is 1.43 bits per heavy atom. The molecule has 0 bridgehead atoms. The molecule has 42 heavy (non-hydrogen) atoms. The number of ether oxygens (including phenoxy) is 5. The molecule has 0 radical (unpaired) electrons. The van der Waals surface area contributed by atoms with E-state index in [1.54, 1.807) is 12.1 Å². The molecule has 0 spiro atoms. The van der Waals surface area contributed by atoms with E-state index in [2.05, 4.69) is 5.32 Å². The van der Waals surface area contributed by atoms with Gasteiger partial charge in [0.05, 0.1) is 64.0 Å². The lowest BCUT2D eigenvalue weighted by molar-refractivity contribution is -0.192. The van der Waals surface area contributed by atoms with Crippen molar-refractivity contribution in [3.05, 3.63) is 29.3 Å². The van der Waals surface area contributed by atoms with Crippen molar-refractivity contribution in [3.63, 3.8) is 0 Å². The standard InChI is InChI=1S/C23H31N3O9.C2HF3O2/c24-6-7-31-8-9-32-10-11-33-12-13-34-14-15-35-18-3-1-2-16-20(18)23(30)26(22(16)29)17-4-5-19(27)25-21(17)28;3-2(4,5)1(6)7/h1-3,17H,4-15,24H2,(H,25,27,28);(H,6,7). The van der Waals surface area contributed by atoms with Crippen LogP contribution in [0.5, 0.6) is 5.75 Å². The fourth-order valence-corrected chi connectivity index (χ4v) is 3.66. The number of benzene rings is 1. The molecule has 1 fully saturated rings. The molecule has 2 aliphatic rings. The SMILES string of the molecule is NCCOCCOCCOCCOCCOc1cccc2c1C(=O)N(C1CCC(=O)NC1=O)C2=O.O=C(O)C(F)(F)F. The largest absolute Gasteiger partial charge is 0.490 e. The first-order chi connectivity index (χ1) is 20.0. The highest BCUT2D eigenvalue weighted by atomic mass is 19.4. The van der Waals surface area contributed by atoms with Crippen LogP contribution in [-0.4, -0.2) is 118 Å². The van der Waals surface area contributed by atoms with E-state index in [9.17, 15) is 32.3 Å². The fourth-order valence-electron chi connectivity index (χ4n) is 3.66. The zero-order chi connectivity index (χ0) is 31.1. The molecule has 17 heteroatoms. The first-order valence-electron chi connectivity index (χ1n) is 12.8. The number of carboxylic acids is 1. The molecule has 0 aliphatic carbocycles. The van der Waals surface area contributed by atoms with Crippen LogP contribution >= 0.6 is 0 Å². The molecule has 2 aliphatic heterocycles. The summed E-state index contributed by atoms with van der Waals surface area (Å²) in [4.78, 5) is 59.2. The first kappa shape index (κ1) is 34.6. The normalized spacial score (nSPS) is 16.6. The second-order valence-corrected chi connectivity index (χ2v) is 8.52. The Morgan fingerprint density at radius 3 is 1.93 bits per heavy atom. The monoisotopic (exact) mass is 607 g/mol. The molecule has 1 unspecified atom stereocenters. The van der Waals surface area contributed by atoms with Crippen LogP contribution in [0.2, 0.25) is 0 Å². The minimum atomic E-state index is -5.08. The van der Waals surface area contributed by atoms with Crippen molar-refractivity contribution in [1.29, 1.82) is 0 Å². The van der Waals surface area contributed by atoms with Gasteiger partial charge in [0.25, 0.3) is 11.8 Å². The quantitative estimate of drug-likeness (QED) is 0.170. The van der Waals surface area contributed by atoms with Crippen molar-refractivity contribution in [2.24, 2.45) is 5.73 Å². The summed E-state index contributed by atoms with van der Waals surface area (Å²) in [7, 11) is 0. The smallest absolute Gasteiger partial charge is 0.490 e. The van der Waals surface area contributed by atoms with Crippen LogP contribution in [0.25, 0.3) is 0 Å². The van der Waals surface area contributed by atoms with Crippen LogP contribution in [0.3, 0.4) is 0 Å². The van der Waals surface area contributed by atoms with Crippen LogP contribution in [0, 0.1) is 0 Å². The second kappa shape index (κ2) is 17.3. The van der Waals surface area contributed by atoms with Gasteiger partial charge < -0.3 is 34.5 Å². The van der Waals surface area contributed by atoms with Gasteiger partial charge in [-0.15, -0.1) is 0 Å². The number of alkyl halides is 3. The molecule has 0 saturated carbocycles. The third-order valence-corrected chi connectivity index (χ3v) is 5.54. The predicted octanol–water partition coefficient (Wildman–Crippen LogP) is 0.125. The third-order valence-electron chi connectivity index (χ3n) is 5.54. The number of fused-ring (bicyclic) bond motifs is 1. The average Bonchev–Trinajstić information content (AvgIpc) is 3.19. The van der Waals surface area contributed by atoms with Crippen molar-refractivity contribution < 1.29 is 65.9 Å². The number of nitrogens with one attached hydrogen (secondary N) is 1. The number of amides is 4. The zero-order valence-electron chi connectivity index (χ0n) is 22.5. The number of aliphatic carboxylic acids is 1. The third kappa shape index (κ3) is 10.6. The number of hydrogen-bond acceptors (Lipinski definition) is 11. The van der Waals surface area contributed by atoms with Crippen LogP contribution in [0.1, 0.15) is 33.6 Å². The minimum absolute atomic E-state index is 0.0610. The van der Waals surface area contributed by atoms with Crippen LogP contribution in [0.4, 0.5) is 13.2 Å². The molecule has 4 N–H and O–H groups in total. The number of halogens is 3. The molecule has 1 saturated heterocycles. The number of piperidine rings is 1. The van der Waals surface area contributed by atoms with Gasteiger partial charge in [0.2, 0.25) is 11.8 Å².